The molecule has 40 heavy (non-hydrogen) atoms. The molecule has 1 aromatic rings. The summed E-state index contributed by atoms with van der Waals surface area (Å²) < 4.78 is 10.8. The number of imide groups is 2. The van der Waals surface area contributed by atoms with E-state index in [9.17, 15) is 24.3 Å². The van der Waals surface area contributed by atoms with Crippen LogP contribution in [0.2, 0.25) is 0 Å². The molecule has 11 heteroatoms. The van der Waals surface area contributed by atoms with Gasteiger partial charge < -0.3 is 14.6 Å². The molecule has 1 N–H and O–H groups in total. The third kappa shape index (κ3) is 3.39. The third-order valence-corrected chi connectivity index (χ3v) is 11.2. The maximum Gasteiger partial charge on any atom is 0.253 e. The number of rotatable bonds is 4. The number of hydrogen-bond donors (Lipinski definition) is 1. The second kappa shape index (κ2) is 9.38. The van der Waals surface area contributed by atoms with E-state index in [-0.39, 0.29) is 41.5 Å². The molecule has 6 rings (SSSR count). The lowest BCUT2D eigenvalue weighted by atomic mass is 9.56. The third-order valence-electron chi connectivity index (χ3n) is 9.82. The van der Waals surface area contributed by atoms with Crippen LogP contribution in [0.25, 0.3) is 0 Å². The van der Waals surface area contributed by atoms with E-state index >= 15 is 0 Å². The Balaban J connectivity index is 1.52. The zero-order valence-corrected chi connectivity index (χ0v) is 24.1. The number of aromatic hydroxyl groups is 1. The zero-order chi connectivity index (χ0) is 28.7. The molecule has 2 heterocycles. The smallest absolute Gasteiger partial charge is 0.253 e. The van der Waals surface area contributed by atoms with Crippen molar-refractivity contribution in [3.05, 3.63) is 29.3 Å². The monoisotopic (exact) mass is 590 g/mol. The van der Waals surface area contributed by atoms with Gasteiger partial charge in [-0.3, -0.25) is 29.0 Å². The SMILES string of the molecule is COc1cc([C@H]2C3=CC[C@@H]4C(=O)N(C5CCCCC5)C(=O)[C@@H]4[C@@H]3C[C@@]3(Cl)C(=O)N(C)C(=O)[C@@]23Cl)cc(OC)c1O. The minimum Gasteiger partial charge on any atom is -0.502 e. The van der Waals surface area contributed by atoms with Crippen LogP contribution in [0.1, 0.15) is 56.4 Å². The lowest BCUT2D eigenvalue weighted by molar-refractivity contribution is -0.144. The number of amides is 4. The van der Waals surface area contributed by atoms with Crippen LogP contribution >= 0.6 is 23.2 Å². The molecular weight excluding hydrogens is 559 g/mol. The lowest BCUT2D eigenvalue weighted by Gasteiger charge is -2.50. The molecule has 3 aliphatic carbocycles. The molecule has 0 bridgehead atoms. The van der Waals surface area contributed by atoms with Crippen molar-refractivity contribution >= 4 is 46.8 Å². The number of ether oxygens (including phenoxy) is 2. The number of alkyl halides is 2. The van der Waals surface area contributed by atoms with Crippen LogP contribution in [0.15, 0.2) is 23.8 Å². The normalized spacial score (nSPS) is 35.9. The standard InChI is InChI=1S/C29H32Cl2N2O7/c1-32-26(37)28(30)13-18-16(9-10-17-21(18)25(36)33(24(17)35)15-7-5-4-6-8-15)22(29(28,31)27(32)38)14-11-19(39-2)23(34)20(12-14)40-3/h9,11-12,15,17-18,21-22,34H,4-8,10,13H2,1-3H3/t17-,18+,21-,22-,28+,29-/m0/s1. The molecular formula is C29H32Cl2N2O7. The van der Waals surface area contributed by atoms with E-state index in [4.69, 9.17) is 32.7 Å². The summed E-state index contributed by atoms with van der Waals surface area (Å²) in [6.45, 7) is 0. The van der Waals surface area contributed by atoms with Gasteiger partial charge in [-0.25, -0.2) is 0 Å². The molecule has 0 radical (unpaired) electrons. The van der Waals surface area contributed by atoms with Crippen molar-refractivity contribution in [3.63, 3.8) is 0 Å². The second-order valence-electron chi connectivity index (χ2n) is 11.6. The molecule has 2 saturated heterocycles. The Labute approximate surface area is 242 Å². The molecule has 9 nitrogen and oxygen atoms in total. The van der Waals surface area contributed by atoms with E-state index in [1.807, 2.05) is 6.08 Å². The molecule has 0 aromatic heterocycles. The summed E-state index contributed by atoms with van der Waals surface area (Å²) in [6, 6.07) is 2.97. The highest BCUT2D eigenvalue weighted by Gasteiger charge is 2.76. The van der Waals surface area contributed by atoms with Crippen LogP contribution in [0.4, 0.5) is 0 Å². The Morgan fingerprint density at radius 2 is 1.55 bits per heavy atom. The van der Waals surface area contributed by atoms with Crippen molar-refractivity contribution in [2.75, 3.05) is 21.3 Å². The van der Waals surface area contributed by atoms with Crippen LogP contribution in [-0.2, 0) is 19.2 Å². The molecule has 0 unspecified atom stereocenters. The van der Waals surface area contributed by atoms with Gasteiger partial charge in [0.25, 0.3) is 11.8 Å². The van der Waals surface area contributed by atoms with E-state index in [0.717, 1.165) is 37.0 Å². The first-order valence-electron chi connectivity index (χ1n) is 13.7. The van der Waals surface area contributed by atoms with Crippen LogP contribution in [0.5, 0.6) is 17.2 Å². The van der Waals surface area contributed by atoms with Gasteiger partial charge in [0.05, 0.1) is 26.1 Å². The number of likely N-dealkylation sites (tertiary alicyclic amines) is 2. The number of allylic oxidation sites excluding steroid dienone is 2. The average Bonchev–Trinajstić information content (AvgIpc) is 3.28. The largest absolute Gasteiger partial charge is 0.502 e. The molecule has 2 saturated carbocycles. The first-order valence-corrected chi connectivity index (χ1v) is 14.5. The number of carbonyl (C=O) groups excluding carboxylic acids is 4. The predicted molar refractivity (Wildman–Crippen MR) is 145 cm³/mol. The van der Waals surface area contributed by atoms with E-state index in [1.54, 1.807) is 12.1 Å². The number of fused-ring (bicyclic) bond motifs is 4. The molecule has 2 aliphatic heterocycles. The van der Waals surface area contributed by atoms with Crippen LogP contribution < -0.4 is 9.47 Å². The first-order chi connectivity index (χ1) is 19.0. The fraction of sp³-hybridized carbons (Fsp3) is 0.586. The number of phenolic OH excluding ortho intramolecular Hbond substituents is 1. The van der Waals surface area contributed by atoms with Crippen molar-refractivity contribution in [3.8, 4) is 17.2 Å². The van der Waals surface area contributed by atoms with Gasteiger partial charge >= 0.3 is 0 Å². The predicted octanol–water partition coefficient (Wildman–Crippen LogP) is 3.73. The number of methoxy groups -OCH3 is 2. The summed E-state index contributed by atoms with van der Waals surface area (Å²) in [5, 5.41) is 10.6. The van der Waals surface area contributed by atoms with Gasteiger partial charge in [-0.1, -0.05) is 30.9 Å². The Hall–Kier alpha value is -2.78. The van der Waals surface area contributed by atoms with Gasteiger partial charge in [-0.05, 0) is 49.3 Å². The molecule has 6 atom stereocenters. The van der Waals surface area contributed by atoms with E-state index in [1.165, 1.54) is 26.2 Å². The summed E-state index contributed by atoms with van der Waals surface area (Å²) in [4.78, 5) is 53.7. The molecule has 4 fully saturated rings. The van der Waals surface area contributed by atoms with Crippen LogP contribution in [0, 0.1) is 17.8 Å². The number of halogens is 2. The average molecular weight is 591 g/mol. The van der Waals surface area contributed by atoms with Crippen LogP contribution in [0.3, 0.4) is 0 Å². The highest BCUT2D eigenvalue weighted by Crippen LogP contribution is 2.66. The maximum atomic E-state index is 14.0. The van der Waals surface area contributed by atoms with Gasteiger partial charge in [0, 0.05) is 19.0 Å². The summed E-state index contributed by atoms with van der Waals surface area (Å²) in [5.74, 6) is -4.55. The molecule has 5 aliphatic rings. The van der Waals surface area contributed by atoms with E-state index < -0.39 is 45.2 Å². The van der Waals surface area contributed by atoms with Crippen molar-refractivity contribution in [2.24, 2.45) is 17.8 Å². The molecule has 4 amide bonds. The van der Waals surface area contributed by atoms with Gasteiger partial charge in [-0.15, -0.1) is 23.2 Å². The van der Waals surface area contributed by atoms with E-state index in [2.05, 4.69) is 0 Å². The number of carbonyl (C=O) groups is 4. The molecule has 0 spiro atoms. The van der Waals surface area contributed by atoms with Crippen molar-refractivity contribution in [2.45, 2.75) is 66.7 Å². The van der Waals surface area contributed by atoms with Gasteiger partial charge in [0.2, 0.25) is 17.6 Å². The summed E-state index contributed by atoms with van der Waals surface area (Å²) in [6.07, 6.45) is 6.77. The minimum absolute atomic E-state index is 0.0552. The number of benzene rings is 1. The summed E-state index contributed by atoms with van der Waals surface area (Å²) in [7, 11) is 4.12. The van der Waals surface area contributed by atoms with E-state index in [0.29, 0.717) is 17.6 Å². The first kappa shape index (κ1) is 27.4. The number of hydrogen-bond acceptors (Lipinski definition) is 7. The summed E-state index contributed by atoms with van der Waals surface area (Å²) >= 11 is 14.4. The molecule has 214 valence electrons. The zero-order valence-electron chi connectivity index (χ0n) is 22.6. The van der Waals surface area contributed by atoms with Gasteiger partial charge in [-0.2, -0.15) is 0 Å². The second-order valence-corrected chi connectivity index (χ2v) is 12.9. The fourth-order valence-corrected chi connectivity index (χ4v) is 8.94. The lowest BCUT2D eigenvalue weighted by Crippen LogP contribution is -2.60. The topological polar surface area (TPSA) is 113 Å². The van der Waals surface area contributed by atoms with Crippen molar-refractivity contribution in [1.29, 1.82) is 0 Å². The van der Waals surface area contributed by atoms with Crippen molar-refractivity contribution < 1.29 is 33.8 Å². The molecule has 1 aromatic carbocycles. The highest BCUT2D eigenvalue weighted by atomic mass is 35.5. The van der Waals surface area contributed by atoms with Gasteiger partial charge in [0.15, 0.2) is 21.2 Å². The van der Waals surface area contributed by atoms with Crippen LogP contribution in [-0.4, -0.2) is 75.6 Å². The van der Waals surface area contributed by atoms with Gasteiger partial charge in [0.1, 0.15) is 0 Å². The Morgan fingerprint density at radius 1 is 0.925 bits per heavy atom. The minimum atomic E-state index is -1.92. The Bertz CT molecular complexity index is 1330. The highest BCUT2D eigenvalue weighted by molar-refractivity contribution is 6.53. The number of phenols is 1. The number of nitrogens with zero attached hydrogens (tertiary/aromatic N) is 2. The Kier molecular flexibility index (Phi) is 6.42. The maximum absolute atomic E-state index is 14.0. The van der Waals surface area contributed by atoms with Crippen molar-refractivity contribution in [1.82, 2.24) is 9.80 Å². The summed E-state index contributed by atoms with van der Waals surface area (Å²) in [5.41, 5.74) is 1.13. The quantitative estimate of drug-likeness (QED) is 0.323. The Morgan fingerprint density at radius 3 is 2.15 bits per heavy atom. The fourth-order valence-electron chi connectivity index (χ4n) is 7.92.